The van der Waals surface area contributed by atoms with E-state index in [1.807, 2.05) is 0 Å². The van der Waals surface area contributed by atoms with Crippen LogP contribution in [0.3, 0.4) is 0 Å². The summed E-state index contributed by atoms with van der Waals surface area (Å²) < 4.78 is 12.9. The molecule has 1 fully saturated rings. The molecule has 5 heteroatoms. The molecule has 1 aliphatic rings. The minimum absolute atomic E-state index is 0.00810. The number of aromatic nitrogens is 1. The molecule has 15 heavy (non-hydrogen) atoms. The highest BCUT2D eigenvalue weighted by Gasteiger charge is 2.30. The van der Waals surface area contributed by atoms with Crippen molar-refractivity contribution in [1.82, 2.24) is 4.98 Å². The van der Waals surface area contributed by atoms with Crippen LogP contribution in [0, 0.1) is 11.9 Å². The zero-order valence-electron chi connectivity index (χ0n) is 7.99. The summed E-state index contributed by atoms with van der Waals surface area (Å²) in [7, 11) is 0. The summed E-state index contributed by atoms with van der Waals surface area (Å²) in [5.41, 5.74) is 0.556. The van der Waals surface area contributed by atoms with E-state index < -0.39 is 5.95 Å². The van der Waals surface area contributed by atoms with Crippen LogP contribution in [-0.4, -0.2) is 23.3 Å². The van der Waals surface area contributed by atoms with Gasteiger partial charge < -0.3 is 4.90 Å². The van der Waals surface area contributed by atoms with E-state index >= 15 is 0 Å². The van der Waals surface area contributed by atoms with Crippen molar-refractivity contribution in [3.63, 3.8) is 0 Å². The lowest BCUT2D eigenvalue weighted by Crippen LogP contribution is -2.24. The molecule has 3 nitrogen and oxygen atoms in total. The minimum Gasteiger partial charge on any atom is -0.312 e. The van der Waals surface area contributed by atoms with Crippen LogP contribution < -0.4 is 4.90 Å². The molecule has 0 N–H and O–H groups in total. The number of carbonyl (C=O) groups is 1. The fourth-order valence-corrected chi connectivity index (χ4v) is 1.90. The number of anilines is 1. The number of rotatable bonds is 2. The predicted octanol–water partition coefficient (Wildman–Crippen LogP) is 1.81. The average molecular weight is 229 g/mol. The number of pyridine rings is 1. The molecule has 80 valence electrons. The monoisotopic (exact) mass is 228 g/mol. The Balaban J connectivity index is 2.21. The number of alkyl halides is 1. The van der Waals surface area contributed by atoms with Crippen LogP contribution in [0.1, 0.15) is 6.42 Å². The van der Waals surface area contributed by atoms with Crippen LogP contribution in [0.2, 0.25) is 0 Å². The smallest absolute Gasteiger partial charge is 0.227 e. The third-order valence-electron chi connectivity index (χ3n) is 2.45. The largest absolute Gasteiger partial charge is 0.312 e. The van der Waals surface area contributed by atoms with Crippen LogP contribution in [0.4, 0.5) is 10.1 Å². The zero-order valence-corrected chi connectivity index (χ0v) is 8.75. The first-order chi connectivity index (χ1) is 7.20. The second-order valence-electron chi connectivity index (χ2n) is 3.57. The number of halogens is 2. The van der Waals surface area contributed by atoms with Gasteiger partial charge in [0.05, 0.1) is 0 Å². The van der Waals surface area contributed by atoms with E-state index in [2.05, 4.69) is 4.98 Å². The number of amides is 1. The van der Waals surface area contributed by atoms with Crippen molar-refractivity contribution in [2.45, 2.75) is 6.42 Å². The topological polar surface area (TPSA) is 33.2 Å². The third-order valence-corrected chi connectivity index (χ3v) is 2.88. The Bertz CT molecular complexity index is 385. The molecule has 0 radical (unpaired) electrons. The van der Waals surface area contributed by atoms with Gasteiger partial charge in [-0.05, 0) is 12.0 Å². The van der Waals surface area contributed by atoms with Gasteiger partial charge in [0.25, 0.3) is 0 Å². The maximum Gasteiger partial charge on any atom is 0.227 e. The third kappa shape index (κ3) is 2.09. The van der Waals surface area contributed by atoms with Gasteiger partial charge in [0.1, 0.15) is 0 Å². The Morgan fingerprint density at radius 2 is 2.47 bits per heavy atom. The second kappa shape index (κ2) is 4.14. The summed E-state index contributed by atoms with van der Waals surface area (Å²) in [4.78, 5) is 16.6. The van der Waals surface area contributed by atoms with Crippen molar-refractivity contribution in [2.24, 2.45) is 5.92 Å². The maximum absolute atomic E-state index is 12.9. The Labute approximate surface area is 91.9 Å². The molecule has 1 saturated heterocycles. The standard InChI is InChI=1S/C10H10ClFN2O/c11-5-7-3-10(15)14(6-7)8-1-2-13-9(12)4-8/h1-2,4,7H,3,5-6H2. The van der Waals surface area contributed by atoms with Crippen molar-refractivity contribution in [3.8, 4) is 0 Å². The first-order valence-corrected chi connectivity index (χ1v) is 5.22. The summed E-state index contributed by atoms with van der Waals surface area (Å²) in [6.07, 6.45) is 1.79. The number of hydrogen-bond donors (Lipinski definition) is 0. The van der Waals surface area contributed by atoms with Gasteiger partial charge in [-0.25, -0.2) is 4.98 Å². The molecule has 1 aliphatic heterocycles. The molecule has 1 amide bonds. The summed E-state index contributed by atoms with van der Waals surface area (Å²) in [5.74, 6) is 0.0340. The molecule has 0 aromatic carbocycles. The summed E-state index contributed by atoms with van der Waals surface area (Å²) >= 11 is 5.69. The zero-order chi connectivity index (χ0) is 10.8. The van der Waals surface area contributed by atoms with E-state index in [1.165, 1.54) is 12.3 Å². The van der Waals surface area contributed by atoms with Gasteiger partial charge >= 0.3 is 0 Å². The van der Waals surface area contributed by atoms with Crippen LogP contribution >= 0.6 is 11.6 Å². The van der Waals surface area contributed by atoms with Gasteiger partial charge in [-0.3, -0.25) is 4.79 Å². The molecule has 1 atom stereocenters. The van der Waals surface area contributed by atoms with Gasteiger partial charge in [-0.15, -0.1) is 11.6 Å². The van der Waals surface area contributed by atoms with E-state index in [0.717, 1.165) is 0 Å². The van der Waals surface area contributed by atoms with Crippen molar-refractivity contribution in [1.29, 1.82) is 0 Å². The first-order valence-electron chi connectivity index (χ1n) is 4.68. The van der Waals surface area contributed by atoms with Gasteiger partial charge in [-0.2, -0.15) is 4.39 Å². The molecule has 0 aliphatic carbocycles. The van der Waals surface area contributed by atoms with Gasteiger partial charge in [-0.1, -0.05) is 0 Å². The molecule has 0 spiro atoms. The Kier molecular flexibility index (Phi) is 2.86. The number of carbonyl (C=O) groups excluding carboxylic acids is 1. The van der Waals surface area contributed by atoms with E-state index in [4.69, 9.17) is 11.6 Å². The minimum atomic E-state index is -0.574. The molecule has 1 aromatic heterocycles. The Hall–Kier alpha value is -1.16. The maximum atomic E-state index is 12.9. The van der Waals surface area contributed by atoms with Crippen molar-refractivity contribution in [3.05, 3.63) is 24.3 Å². The number of hydrogen-bond acceptors (Lipinski definition) is 2. The second-order valence-corrected chi connectivity index (χ2v) is 3.87. The molecule has 1 unspecified atom stereocenters. The SMILES string of the molecule is O=C1CC(CCl)CN1c1ccnc(F)c1. The summed E-state index contributed by atoms with van der Waals surface area (Å²) in [6.45, 7) is 0.561. The fourth-order valence-electron chi connectivity index (χ4n) is 1.69. The average Bonchev–Trinajstić information content (AvgIpc) is 2.60. The van der Waals surface area contributed by atoms with Crippen LogP contribution in [0.5, 0.6) is 0 Å². The molecular formula is C10H10ClFN2O. The highest BCUT2D eigenvalue weighted by molar-refractivity contribution is 6.18. The lowest BCUT2D eigenvalue weighted by molar-refractivity contribution is -0.117. The highest BCUT2D eigenvalue weighted by atomic mass is 35.5. The van der Waals surface area contributed by atoms with Gasteiger partial charge in [0.2, 0.25) is 11.9 Å². The lowest BCUT2D eigenvalue weighted by Gasteiger charge is -2.15. The molecule has 1 aromatic rings. The Morgan fingerprint density at radius 1 is 1.67 bits per heavy atom. The van der Waals surface area contributed by atoms with E-state index in [1.54, 1.807) is 11.0 Å². The van der Waals surface area contributed by atoms with E-state index in [0.29, 0.717) is 24.5 Å². The fraction of sp³-hybridized carbons (Fsp3) is 0.400. The van der Waals surface area contributed by atoms with E-state index in [-0.39, 0.29) is 11.8 Å². The van der Waals surface area contributed by atoms with Gasteiger partial charge in [0, 0.05) is 36.8 Å². The molecule has 2 heterocycles. The van der Waals surface area contributed by atoms with Gasteiger partial charge in [0.15, 0.2) is 0 Å². The van der Waals surface area contributed by atoms with Crippen LogP contribution in [-0.2, 0) is 4.79 Å². The molecule has 0 bridgehead atoms. The van der Waals surface area contributed by atoms with Crippen LogP contribution in [0.15, 0.2) is 18.3 Å². The number of nitrogens with zero attached hydrogens (tertiary/aromatic N) is 2. The van der Waals surface area contributed by atoms with Crippen molar-refractivity contribution in [2.75, 3.05) is 17.3 Å². The molecule has 0 saturated carbocycles. The lowest BCUT2D eigenvalue weighted by atomic mass is 10.1. The Morgan fingerprint density at radius 3 is 3.07 bits per heavy atom. The quantitative estimate of drug-likeness (QED) is 0.571. The highest BCUT2D eigenvalue weighted by Crippen LogP contribution is 2.25. The van der Waals surface area contributed by atoms with Crippen molar-refractivity contribution < 1.29 is 9.18 Å². The summed E-state index contributed by atoms with van der Waals surface area (Å²) in [5, 5.41) is 0. The molecular weight excluding hydrogens is 219 g/mol. The van der Waals surface area contributed by atoms with Crippen LogP contribution in [0.25, 0.3) is 0 Å². The van der Waals surface area contributed by atoms with Crippen molar-refractivity contribution >= 4 is 23.2 Å². The van der Waals surface area contributed by atoms with E-state index in [9.17, 15) is 9.18 Å². The molecule has 2 rings (SSSR count). The normalized spacial score (nSPS) is 21.1. The predicted molar refractivity (Wildman–Crippen MR) is 55.4 cm³/mol. The first kappa shape index (κ1) is 10.4. The summed E-state index contributed by atoms with van der Waals surface area (Å²) in [6, 6.07) is 2.88.